The smallest absolute Gasteiger partial charge is 0.356 e. The van der Waals surface area contributed by atoms with E-state index in [0.717, 1.165) is 28.4 Å². The van der Waals surface area contributed by atoms with Crippen molar-refractivity contribution in [3.05, 3.63) is 29.1 Å². The molecular formula is C15H17NO8. The summed E-state index contributed by atoms with van der Waals surface area (Å²) in [6.07, 6.45) is -0.157. The molecule has 0 spiro atoms. The van der Waals surface area contributed by atoms with E-state index in [0.29, 0.717) is 5.56 Å². The number of aromatic nitrogens is 1. The van der Waals surface area contributed by atoms with Crippen LogP contribution in [0.1, 0.15) is 26.5 Å². The van der Waals surface area contributed by atoms with Crippen molar-refractivity contribution in [1.29, 1.82) is 0 Å². The normalized spacial score (nSPS) is 10.0. The lowest BCUT2D eigenvalue weighted by molar-refractivity contribution is -0.158. The minimum atomic E-state index is -1.25. The predicted octanol–water partition coefficient (Wildman–Crippen LogP) is 0.159. The summed E-state index contributed by atoms with van der Waals surface area (Å²) in [5.74, 6) is -4.43. The van der Waals surface area contributed by atoms with Crippen LogP contribution in [0, 0.1) is 5.92 Å². The summed E-state index contributed by atoms with van der Waals surface area (Å²) in [6, 6.07) is 2.61. The van der Waals surface area contributed by atoms with Crippen molar-refractivity contribution in [2.75, 3.05) is 28.4 Å². The van der Waals surface area contributed by atoms with Crippen molar-refractivity contribution in [1.82, 2.24) is 4.98 Å². The molecule has 0 aliphatic rings. The van der Waals surface area contributed by atoms with Crippen LogP contribution in [0.2, 0.25) is 0 Å². The van der Waals surface area contributed by atoms with E-state index in [2.05, 4.69) is 23.9 Å². The van der Waals surface area contributed by atoms with Gasteiger partial charge in [0.25, 0.3) is 0 Å². The molecular weight excluding hydrogens is 322 g/mol. The molecule has 0 radical (unpaired) electrons. The summed E-state index contributed by atoms with van der Waals surface area (Å²) >= 11 is 0. The average Bonchev–Trinajstić information content (AvgIpc) is 2.62. The van der Waals surface area contributed by atoms with Crippen molar-refractivity contribution < 1.29 is 38.1 Å². The van der Waals surface area contributed by atoms with Crippen LogP contribution in [0.5, 0.6) is 0 Å². The molecule has 9 nitrogen and oxygen atoms in total. The molecule has 0 aliphatic carbocycles. The van der Waals surface area contributed by atoms with Gasteiger partial charge in [-0.1, -0.05) is 0 Å². The minimum Gasteiger partial charge on any atom is -0.468 e. The fourth-order valence-corrected chi connectivity index (χ4v) is 1.91. The Labute approximate surface area is 137 Å². The Kier molecular flexibility index (Phi) is 6.84. The number of carbonyl (C=O) groups excluding carboxylic acids is 4. The number of methoxy groups -OCH3 is 4. The lowest BCUT2D eigenvalue weighted by atomic mass is 9.98. The maximum absolute atomic E-state index is 11.7. The molecule has 1 aromatic rings. The van der Waals surface area contributed by atoms with Crippen LogP contribution in [0.25, 0.3) is 0 Å². The van der Waals surface area contributed by atoms with Crippen LogP contribution in [0.15, 0.2) is 12.1 Å². The van der Waals surface area contributed by atoms with Crippen molar-refractivity contribution in [2.24, 2.45) is 5.92 Å². The number of hydrogen-bond donors (Lipinski definition) is 0. The Morgan fingerprint density at radius 1 is 0.833 bits per heavy atom. The molecule has 0 saturated heterocycles. The summed E-state index contributed by atoms with van der Waals surface area (Å²) in [5, 5.41) is 0. The highest BCUT2D eigenvalue weighted by atomic mass is 16.5. The SMILES string of the molecule is COC(=O)c1cc(CC(C(=O)OC)C(=O)OC)cc(C(=O)OC)n1. The van der Waals surface area contributed by atoms with Gasteiger partial charge in [-0.25, -0.2) is 14.6 Å². The molecule has 0 amide bonds. The van der Waals surface area contributed by atoms with Crippen LogP contribution in [0.4, 0.5) is 0 Å². The topological polar surface area (TPSA) is 118 Å². The van der Waals surface area contributed by atoms with Crippen molar-refractivity contribution in [2.45, 2.75) is 6.42 Å². The van der Waals surface area contributed by atoms with E-state index in [9.17, 15) is 19.2 Å². The molecule has 0 aromatic carbocycles. The van der Waals surface area contributed by atoms with E-state index < -0.39 is 29.8 Å². The molecule has 1 heterocycles. The maximum atomic E-state index is 11.7. The summed E-state index contributed by atoms with van der Waals surface area (Å²) in [6.45, 7) is 0. The molecule has 0 atom stereocenters. The van der Waals surface area contributed by atoms with Gasteiger partial charge in [-0.2, -0.15) is 0 Å². The first-order valence-corrected chi connectivity index (χ1v) is 6.71. The van der Waals surface area contributed by atoms with E-state index in [1.165, 1.54) is 12.1 Å². The number of nitrogens with zero attached hydrogens (tertiary/aromatic N) is 1. The maximum Gasteiger partial charge on any atom is 0.356 e. The Hall–Kier alpha value is -2.97. The molecule has 0 aliphatic heterocycles. The lowest BCUT2D eigenvalue weighted by Crippen LogP contribution is -2.28. The first kappa shape index (κ1) is 19.1. The van der Waals surface area contributed by atoms with E-state index in [1.54, 1.807) is 0 Å². The third kappa shape index (κ3) is 4.51. The second-order valence-corrected chi connectivity index (χ2v) is 4.53. The first-order valence-electron chi connectivity index (χ1n) is 6.71. The van der Waals surface area contributed by atoms with E-state index in [4.69, 9.17) is 0 Å². The second-order valence-electron chi connectivity index (χ2n) is 4.53. The molecule has 9 heteroatoms. The molecule has 1 rings (SSSR count). The van der Waals surface area contributed by atoms with E-state index in [1.807, 2.05) is 0 Å². The Morgan fingerprint density at radius 2 is 1.25 bits per heavy atom. The lowest BCUT2D eigenvalue weighted by Gasteiger charge is -2.13. The van der Waals surface area contributed by atoms with Gasteiger partial charge in [-0.05, 0) is 24.1 Å². The standard InChI is InChI=1S/C15H17NO8/c1-21-12(17)9(13(18)22-2)5-8-6-10(14(19)23-3)16-11(7-8)15(20)24-4/h6-7,9H,5H2,1-4H3. The molecule has 1 aromatic heterocycles. The first-order chi connectivity index (χ1) is 11.4. The summed E-state index contributed by atoms with van der Waals surface area (Å²) in [5.41, 5.74) is -0.0145. The van der Waals surface area contributed by atoms with E-state index in [-0.39, 0.29) is 17.8 Å². The molecule has 0 saturated carbocycles. The number of rotatable bonds is 6. The highest BCUT2D eigenvalue weighted by Gasteiger charge is 2.30. The summed E-state index contributed by atoms with van der Waals surface area (Å²) in [4.78, 5) is 50.7. The van der Waals surface area contributed by atoms with E-state index >= 15 is 0 Å². The highest BCUT2D eigenvalue weighted by molar-refractivity contribution is 5.95. The quantitative estimate of drug-likeness (QED) is 0.405. The van der Waals surface area contributed by atoms with Crippen LogP contribution in [-0.4, -0.2) is 57.3 Å². The zero-order valence-corrected chi connectivity index (χ0v) is 13.7. The molecule has 0 bridgehead atoms. The zero-order valence-electron chi connectivity index (χ0n) is 13.7. The molecule has 24 heavy (non-hydrogen) atoms. The van der Waals surface area contributed by atoms with Gasteiger partial charge in [0.15, 0.2) is 5.92 Å². The van der Waals surface area contributed by atoms with Crippen LogP contribution >= 0.6 is 0 Å². The van der Waals surface area contributed by atoms with Gasteiger partial charge >= 0.3 is 23.9 Å². The van der Waals surface area contributed by atoms with Gasteiger partial charge < -0.3 is 18.9 Å². The van der Waals surface area contributed by atoms with Gasteiger partial charge in [0, 0.05) is 0 Å². The van der Waals surface area contributed by atoms with Crippen molar-refractivity contribution in [3.8, 4) is 0 Å². The second kappa shape index (κ2) is 8.61. The monoisotopic (exact) mass is 339 g/mol. The Bertz CT molecular complexity index is 605. The fraction of sp³-hybridized carbons (Fsp3) is 0.400. The van der Waals surface area contributed by atoms with Gasteiger partial charge in [-0.3, -0.25) is 9.59 Å². The van der Waals surface area contributed by atoms with Gasteiger partial charge in [0.2, 0.25) is 0 Å². The molecule has 0 fully saturated rings. The largest absolute Gasteiger partial charge is 0.468 e. The summed E-state index contributed by atoms with van der Waals surface area (Å²) < 4.78 is 18.3. The molecule has 130 valence electrons. The number of pyridine rings is 1. The number of ether oxygens (including phenoxy) is 4. The predicted molar refractivity (Wildman–Crippen MR) is 78.1 cm³/mol. The molecule has 0 N–H and O–H groups in total. The minimum absolute atomic E-state index is 0.157. The highest BCUT2D eigenvalue weighted by Crippen LogP contribution is 2.16. The Morgan fingerprint density at radius 3 is 1.58 bits per heavy atom. The zero-order chi connectivity index (χ0) is 18.3. The molecule has 0 unspecified atom stereocenters. The van der Waals surface area contributed by atoms with Crippen LogP contribution in [0.3, 0.4) is 0 Å². The van der Waals surface area contributed by atoms with Gasteiger partial charge in [0.05, 0.1) is 28.4 Å². The van der Waals surface area contributed by atoms with Crippen LogP contribution in [-0.2, 0) is 35.0 Å². The number of esters is 4. The van der Waals surface area contributed by atoms with Gasteiger partial charge in [0.1, 0.15) is 11.4 Å². The third-order valence-corrected chi connectivity index (χ3v) is 3.09. The fourth-order valence-electron chi connectivity index (χ4n) is 1.91. The van der Waals surface area contributed by atoms with Gasteiger partial charge in [-0.15, -0.1) is 0 Å². The van der Waals surface area contributed by atoms with Crippen molar-refractivity contribution in [3.63, 3.8) is 0 Å². The third-order valence-electron chi connectivity index (χ3n) is 3.09. The van der Waals surface area contributed by atoms with Crippen molar-refractivity contribution >= 4 is 23.9 Å². The van der Waals surface area contributed by atoms with Crippen LogP contribution < -0.4 is 0 Å². The number of hydrogen-bond acceptors (Lipinski definition) is 9. The Balaban J connectivity index is 3.29. The average molecular weight is 339 g/mol. The number of carbonyl (C=O) groups is 4. The summed E-state index contributed by atoms with van der Waals surface area (Å²) in [7, 11) is 4.57.